The van der Waals surface area contributed by atoms with Gasteiger partial charge in [0.25, 0.3) is 0 Å². The van der Waals surface area contributed by atoms with E-state index >= 15 is 0 Å². The number of likely N-dealkylation sites (N-methyl/N-ethyl adjacent to an activating group) is 3. The van der Waals surface area contributed by atoms with Gasteiger partial charge in [-0.3, -0.25) is 19.4 Å². The van der Waals surface area contributed by atoms with Crippen LogP contribution in [-0.4, -0.2) is 160 Å². The third-order valence-electron chi connectivity index (χ3n) is 10.1. The Hall–Kier alpha value is -1.18. The number of piperazine rings is 1. The second kappa shape index (κ2) is 14.9. The number of Topliss-reactive ketones (excluding diaryl/α,β-unsaturated/α-hetero) is 1. The molecule has 1 N–H and O–H groups in total. The van der Waals surface area contributed by atoms with Crippen LogP contribution in [0.3, 0.4) is 0 Å². The van der Waals surface area contributed by atoms with Gasteiger partial charge in [-0.2, -0.15) is 0 Å². The lowest BCUT2D eigenvalue weighted by Gasteiger charge is -2.47. The maximum atomic E-state index is 14.2. The summed E-state index contributed by atoms with van der Waals surface area (Å²) in [6.07, 6.45) is -1.56. The van der Waals surface area contributed by atoms with E-state index in [0.29, 0.717) is 12.8 Å². The number of aliphatic hydroxyl groups excluding tert-OH is 1. The molecule has 0 unspecified atom stereocenters. The van der Waals surface area contributed by atoms with Crippen LogP contribution in [0.5, 0.6) is 0 Å². The van der Waals surface area contributed by atoms with Gasteiger partial charge in [-0.25, -0.2) is 0 Å². The highest BCUT2D eigenvalue weighted by molar-refractivity contribution is 6.04. The van der Waals surface area contributed by atoms with Crippen LogP contribution >= 0.6 is 0 Å². The first-order valence-electron chi connectivity index (χ1n) is 16.0. The molecule has 250 valence electrons. The van der Waals surface area contributed by atoms with Gasteiger partial charge >= 0.3 is 5.97 Å². The number of esters is 1. The van der Waals surface area contributed by atoms with Gasteiger partial charge in [0.2, 0.25) is 0 Å². The Balaban J connectivity index is 1.94. The van der Waals surface area contributed by atoms with Crippen LogP contribution in [0, 0.1) is 17.3 Å². The van der Waals surface area contributed by atoms with E-state index in [9.17, 15) is 14.7 Å². The van der Waals surface area contributed by atoms with E-state index in [1.54, 1.807) is 27.9 Å². The summed E-state index contributed by atoms with van der Waals surface area (Å²) >= 11 is 0. The second-order valence-corrected chi connectivity index (χ2v) is 14.5. The number of rotatable bonds is 6. The molecule has 3 aliphatic heterocycles. The zero-order chi connectivity index (χ0) is 32.3. The van der Waals surface area contributed by atoms with Gasteiger partial charge in [0, 0.05) is 58.3 Å². The SMILES string of the molecule is CO[C@]1(C)C[C@@H](C)CN(C)[C@@H](CN2CCN(C)CC2)COC(=O)C(C)(C)C(=O)[C@H](C)[C@H]1O[C@@H]1O[C@H](C)C[C@H](N(C)C)[C@H]1O. The van der Waals surface area contributed by atoms with Crippen LogP contribution in [0.25, 0.3) is 0 Å². The number of nitrogens with zero attached hydrogens (tertiary/aromatic N) is 4. The summed E-state index contributed by atoms with van der Waals surface area (Å²) in [7, 11) is 9.71. The Morgan fingerprint density at radius 1 is 1.05 bits per heavy atom. The van der Waals surface area contributed by atoms with E-state index in [-0.39, 0.29) is 36.5 Å². The monoisotopic (exact) mass is 612 g/mol. The van der Waals surface area contributed by atoms with Crippen LogP contribution in [0.15, 0.2) is 0 Å². The van der Waals surface area contributed by atoms with Crippen molar-refractivity contribution in [2.24, 2.45) is 17.3 Å². The van der Waals surface area contributed by atoms with E-state index in [2.05, 4.69) is 35.7 Å². The van der Waals surface area contributed by atoms with E-state index in [4.69, 9.17) is 18.9 Å². The molecule has 11 nitrogen and oxygen atoms in total. The van der Waals surface area contributed by atoms with Gasteiger partial charge in [0.05, 0.1) is 23.9 Å². The quantitative estimate of drug-likeness (QED) is 0.349. The molecule has 0 amide bonds. The molecule has 0 bridgehead atoms. The van der Waals surface area contributed by atoms with Crippen LogP contribution < -0.4 is 0 Å². The molecule has 0 aromatic heterocycles. The van der Waals surface area contributed by atoms with Gasteiger partial charge in [-0.1, -0.05) is 13.8 Å². The summed E-state index contributed by atoms with van der Waals surface area (Å²) in [5.74, 6) is -1.41. The first-order valence-corrected chi connectivity index (χ1v) is 16.0. The van der Waals surface area contributed by atoms with Crippen molar-refractivity contribution in [3.63, 3.8) is 0 Å². The lowest BCUT2D eigenvalue weighted by molar-refractivity contribution is -0.295. The van der Waals surface area contributed by atoms with Gasteiger partial charge in [-0.05, 0) is 74.6 Å². The number of hydrogen-bond acceptors (Lipinski definition) is 11. The topological polar surface area (TPSA) is 104 Å². The predicted molar refractivity (Wildman–Crippen MR) is 166 cm³/mol. The highest BCUT2D eigenvalue weighted by Gasteiger charge is 2.51. The first kappa shape index (κ1) is 36.3. The normalized spacial score (nSPS) is 40.0. The van der Waals surface area contributed by atoms with Crippen molar-refractivity contribution in [1.29, 1.82) is 0 Å². The first-order chi connectivity index (χ1) is 20.0. The van der Waals surface area contributed by atoms with Gasteiger partial charge < -0.3 is 33.9 Å². The molecule has 9 atom stereocenters. The number of ether oxygens (including phenoxy) is 4. The number of ketones is 1. The zero-order valence-electron chi connectivity index (χ0n) is 28.7. The summed E-state index contributed by atoms with van der Waals surface area (Å²) in [6.45, 7) is 16.8. The van der Waals surface area contributed by atoms with Crippen LogP contribution in [0.2, 0.25) is 0 Å². The fraction of sp³-hybridized carbons (Fsp3) is 0.938. The second-order valence-electron chi connectivity index (χ2n) is 14.5. The molecular weight excluding hydrogens is 552 g/mol. The fourth-order valence-electron chi connectivity index (χ4n) is 7.11. The summed E-state index contributed by atoms with van der Waals surface area (Å²) in [4.78, 5) is 36.7. The van der Waals surface area contributed by atoms with E-state index in [1.807, 2.05) is 32.8 Å². The van der Waals surface area contributed by atoms with Crippen molar-refractivity contribution in [3.05, 3.63) is 0 Å². The highest BCUT2D eigenvalue weighted by Crippen LogP contribution is 2.38. The molecule has 0 spiro atoms. The molecule has 0 aromatic rings. The smallest absolute Gasteiger partial charge is 0.319 e. The minimum Gasteiger partial charge on any atom is -0.463 e. The van der Waals surface area contributed by atoms with Crippen molar-refractivity contribution in [3.8, 4) is 0 Å². The number of methoxy groups -OCH3 is 1. The fourth-order valence-corrected chi connectivity index (χ4v) is 7.11. The average molecular weight is 613 g/mol. The maximum Gasteiger partial charge on any atom is 0.319 e. The molecule has 0 aliphatic carbocycles. The minimum atomic E-state index is -1.40. The average Bonchev–Trinajstić information content (AvgIpc) is 2.94. The van der Waals surface area contributed by atoms with Crippen LogP contribution in [0.4, 0.5) is 0 Å². The third kappa shape index (κ3) is 8.76. The van der Waals surface area contributed by atoms with Gasteiger partial charge in [0.1, 0.15) is 18.1 Å². The largest absolute Gasteiger partial charge is 0.463 e. The lowest BCUT2D eigenvalue weighted by Crippen LogP contribution is -2.59. The van der Waals surface area contributed by atoms with Crippen LogP contribution in [0.1, 0.15) is 54.4 Å². The number of cyclic esters (lactones) is 1. The Labute approximate surface area is 260 Å². The molecule has 3 heterocycles. The summed E-state index contributed by atoms with van der Waals surface area (Å²) in [6, 6.07) is -0.186. The molecule has 11 heteroatoms. The molecule has 3 saturated heterocycles. The van der Waals surface area contributed by atoms with Gasteiger partial charge in [-0.15, -0.1) is 0 Å². The molecular formula is C32H60N4O7. The lowest BCUT2D eigenvalue weighted by atomic mass is 9.74. The standard InChI is InChI=1S/C32H60N4O7/c1-21-17-32(6,40-11)28(43-29-26(37)25(33(7)8)16-22(2)42-29)23(3)27(38)31(4,5)30(39)41-20-24(35(10)18-21)19-36-14-12-34(9)13-15-36/h21-26,28-29,37H,12-20H2,1-11H3/t21-,22-,23+,24+,25+,26-,28-,29+,32-/m1/s1. The molecule has 0 radical (unpaired) electrons. The Morgan fingerprint density at radius 2 is 1.67 bits per heavy atom. The van der Waals surface area contributed by atoms with Crippen LogP contribution in [-0.2, 0) is 28.5 Å². The third-order valence-corrected chi connectivity index (χ3v) is 10.1. The number of hydrogen-bond donors (Lipinski definition) is 1. The molecule has 0 aromatic carbocycles. The van der Waals surface area contributed by atoms with Crippen molar-refractivity contribution in [1.82, 2.24) is 19.6 Å². The van der Waals surface area contributed by atoms with Crippen molar-refractivity contribution in [2.75, 3.05) is 81.2 Å². The molecule has 3 aliphatic rings. The van der Waals surface area contributed by atoms with E-state index in [1.165, 1.54) is 0 Å². The minimum absolute atomic E-state index is 0.0185. The maximum absolute atomic E-state index is 14.2. The Morgan fingerprint density at radius 3 is 2.26 bits per heavy atom. The van der Waals surface area contributed by atoms with Crippen molar-refractivity contribution < 1.29 is 33.6 Å². The highest BCUT2D eigenvalue weighted by atomic mass is 16.7. The molecule has 0 saturated carbocycles. The molecule has 3 fully saturated rings. The molecule has 43 heavy (non-hydrogen) atoms. The Kier molecular flexibility index (Phi) is 12.6. The van der Waals surface area contributed by atoms with Gasteiger partial charge in [0.15, 0.2) is 12.1 Å². The van der Waals surface area contributed by atoms with E-state index in [0.717, 1.165) is 39.3 Å². The summed E-state index contributed by atoms with van der Waals surface area (Å²) in [5.41, 5.74) is -2.31. The summed E-state index contributed by atoms with van der Waals surface area (Å²) < 4.78 is 24.9. The summed E-state index contributed by atoms with van der Waals surface area (Å²) in [5, 5.41) is 11.3. The number of carbonyl (C=O) groups is 2. The van der Waals surface area contributed by atoms with E-state index < -0.39 is 41.4 Å². The van der Waals surface area contributed by atoms with Crippen molar-refractivity contribution in [2.45, 2.75) is 96.7 Å². The zero-order valence-corrected chi connectivity index (χ0v) is 28.7. The number of aliphatic hydroxyl groups is 1. The number of carbonyl (C=O) groups excluding carboxylic acids is 2. The van der Waals surface area contributed by atoms with Crippen molar-refractivity contribution >= 4 is 11.8 Å². The molecule has 3 rings (SSSR count). The predicted octanol–water partition coefficient (Wildman–Crippen LogP) is 1.56. The Bertz CT molecular complexity index is 927.